The molecule has 5 nitrogen and oxygen atoms in total. The third-order valence-electron chi connectivity index (χ3n) is 2.29. The average Bonchev–Trinajstić information content (AvgIpc) is 2.33. The maximum atomic E-state index is 11.6. The summed E-state index contributed by atoms with van der Waals surface area (Å²) in [7, 11) is -3.25. The van der Waals surface area contributed by atoms with E-state index >= 15 is 0 Å². The largest absolute Gasteiger partial charge is 0.460 e. The van der Waals surface area contributed by atoms with Gasteiger partial charge in [0.1, 0.15) is 6.61 Å². The molecule has 0 saturated carbocycles. The highest BCUT2D eigenvalue weighted by Gasteiger charge is 2.10. The minimum atomic E-state index is -3.25. The molecule has 0 radical (unpaired) electrons. The summed E-state index contributed by atoms with van der Waals surface area (Å²) in [6, 6.07) is 5.64. The predicted molar refractivity (Wildman–Crippen MR) is 70.9 cm³/mol. The number of benzene rings is 1. The molecule has 0 aliphatic rings. The van der Waals surface area contributed by atoms with Gasteiger partial charge in [0.2, 0.25) is 0 Å². The first-order valence-corrected chi connectivity index (χ1v) is 7.78. The number of sulfone groups is 1. The van der Waals surface area contributed by atoms with Crippen LogP contribution in [0.15, 0.2) is 29.2 Å². The van der Waals surface area contributed by atoms with Crippen LogP contribution >= 0.6 is 0 Å². The molecule has 0 N–H and O–H groups in total. The number of esters is 1. The van der Waals surface area contributed by atoms with Crippen molar-refractivity contribution in [1.29, 1.82) is 0 Å². The van der Waals surface area contributed by atoms with E-state index in [1.165, 1.54) is 24.3 Å². The zero-order valence-corrected chi connectivity index (χ0v) is 12.1. The van der Waals surface area contributed by atoms with Crippen molar-refractivity contribution in [3.63, 3.8) is 0 Å². The van der Waals surface area contributed by atoms with Gasteiger partial charge in [-0.05, 0) is 38.1 Å². The summed E-state index contributed by atoms with van der Waals surface area (Å²) < 4.78 is 32.7. The van der Waals surface area contributed by atoms with E-state index in [1.807, 2.05) is 13.8 Å². The third-order valence-corrected chi connectivity index (χ3v) is 3.41. The summed E-state index contributed by atoms with van der Waals surface area (Å²) in [5.74, 6) is -0.493. The zero-order chi connectivity index (χ0) is 14.5. The van der Waals surface area contributed by atoms with Gasteiger partial charge >= 0.3 is 5.97 Å². The van der Waals surface area contributed by atoms with Crippen molar-refractivity contribution in [3.8, 4) is 0 Å². The number of rotatable bonds is 6. The van der Waals surface area contributed by atoms with Crippen LogP contribution in [0.25, 0.3) is 0 Å². The Labute approximate surface area is 113 Å². The van der Waals surface area contributed by atoms with Gasteiger partial charge in [-0.2, -0.15) is 0 Å². The van der Waals surface area contributed by atoms with Crippen LogP contribution in [0.4, 0.5) is 0 Å². The van der Waals surface area contributed by atoms with E-state index < -0.39 is 15.8 Å². The van der Waals surface area contributed by atoms with Crippen molar-refractivity contribution >= 4 is 15.8 Å². The molecule has 0 unspecified atom stereocenters. The summed E-state index contributed by atoms with van der Waals surface area (Å²) >= 11 is 0. The van der Waals surface area contributed by atoms with Crippen LogP contribution in [-0.2, 0) is 19.3 Å². The fourth-order valence-electron chi connectivity index (χ4n) is 1.34. The maximum absolute atomic E-state index is 11.6. The van der Waals surface area contributed by atoms with Crippen LogP contribution < -0.4 is 0 Å². The van der Waals surface area contributed by atoms with Crippen molar-refractivity contribution in [2.75, 3.05) is 19.5 Å². The molecule has 106 valence electrons. The second-order valence-corrected chi connectivity index (χ2v) is 6.37. The molecule has 1 aromatic rings. The van der Waals surface area contributed by atoms with Gasteiger partial charge in [0.15, 0.2) is 9.84 Å². The molecule has 0 aliphatic carbocycles. The highest BCUT2D eigenvalue weighted by atomic mass is 32.2. The predicted octanol–water partition coefficient (Wildman–Crippen LogP) is 1.67. The van der Waals surface area contributed by atoms with Crippen LogP contribution in [0.5, 0.6) is 0 Å². The molecule has 1 rings (SSSR count). The summed E-state index contributed by atoms with van der Waals surface area (Å²) in [6.07, 6.45) is 1.21. The molecule has 0 heterocycles. The maximum Gasteiger partial charge on any atom is 0.338 e. The molecule has 0 aromatic heterocycles. The molecule has 0 amide bonds. The Bertz CT molecular complexity index is 516. The number of hydrogen-bond donors (Lipinski definition) is 0. The minimum Gasteiger partial charge on any atom is -0.460 e. The first-order valence-electron chi connectivity index (χ1n) is 5.89. The van der Waals surface area contributed by atoms with Gasteiger partial charge in [-0.1, -0.05) is 0 Å². The molecule has 0 bridgehead atoms. The van der Waals surface area contributed by atoms with Gasteiger partial charge in [-0.3, -0.25) is 0 Å². The SMILES string of the molecule is CC(C)OCCOC(=O)c1ccc(S(C)(=O)=O)cc1. The lowest BCUT2D eigenvalue weighted by Crippen LogP contribution is -2.13. The van der Waals surface area contributed by atoms with E-state index in [1.54, 1.807) is 0 Å². The summed E-state index contributed by atoms with van der Waals surface area (Å²) in [6.45, 7) is 4.30. The number of hydrogen-bond acceptors (Lipinski definition) is 5. The highest BCUT2D eigenvalue weighted by Crippen LogP contribution is 2.11. The van der Waals surface area contributed by atoms with Crippen molar-refractivity contribution in [2.24, 2.45) is 0 Å². The lowest BCUT2D eigenvalue weighted by molar-refractivity contribution is 0.0177. The van der Waals surface area contributed by atoms with E-state index in [0.717, 1.165) is 6.26 Å². The summed E-state index contributed by atoms with van der Waals surface area (Å²) in [5.41, 5.74) is 0.317. The zero-order valence-electron chi connectivity index (χ0n) is 11.3. The van der Waals surface area contributed by atoms with Crippen LogP contribution in [0.1, 0.15) is 24.2 Å². The van der Waals surface area contributed by atoms with E-state index in [2.05, 4.69) is 0 Å². The smallest absolute Gasteiger partial charge is 0.338 e. The summed E-state index contributed by atoms with van der Waals surface area (Å²) in [4.78, 5) is 11.8. The molecule has 19 heavy (non-hydrogen) atoms. The average molecular weight is 286 g/mol. The Kier molecular flexibility index (Phi) is 5.50. The van der Waals surface area contributed by atoms with Crippen LogP contribution in [0.2, 0.25) is 0 Å². The van der Waals surface area contributed by atoms with Crippen molar-refractivity contribution in [1.82, 2.24) is 0 Å². The topological polar surface area (TPSA) is 69.7 Å². The molecular weight excluding hydrogens is 268 g/mol. The van der Waals surface area contributed by atoms with E-state index in [4.69, 9.17) is 9.47 Å². The quantitative estimate of drug-likeness (QED) is 0.587. The summed E-state index contributed by atoms with van der Waals surface area (Å²) in [5, 5.41) is 0. The van der Waals surface area contributed by atoms with Gasteiger partial charge in [0.05, 0.1) is 23.2 Å². The minimum absolute atomic E-state index is 0.0905. The molecule has 0 atom stereocenters. The van der Waals surface area contributed by atoms with E-state index in [0.29, 0.717) is 12.2 Å². The van der Waals surface area contributed by atoms with Gasteiger partial charge in [0, 0.05) is 6.26 Å². The fourth-order valence-corrected chi connectivity index (χ4v) is 1.97. The number of carbonyl (C=O) groups excluding carboxylic acids is 1. The molecule has 1 aromatic carbocycles. The highest BCUT2D eigenvalue weighted by molar-refractivity contribution is 7.90. The molecular formula is C13H18O5S. The molecule has 0 spiro atoms. The molecule has 0 fully saturated rings. The fraction of sp³-hybridized carbons (Fsp3) is 0.462. The second-order valence-electron chi connectivity index (χ2n) is 4.35. The van der Waals surface area contributed by atoms with Crippen molar-refractivity contribution < 1.29 is 22.7 Å². The monoisotopic (exact) mass is 286 g/mol. The molecule has 0 aliphatic heterocycles. The second kappa shape index (κ2) is 6.68. The lowest BCUT2D eigenvalue weighted by atomic mass is 10.2. The Morgan fingerprint density at radius 3 is 2.21 bits per heavy atom. The Morgan fingerprint density at radius 1 is 1.16 bits per heavy atom. The first-order chi connectivity index (χ1) is 8.80. The van der Waals surface area contributed by atoms with Crippen molar-refractivity contribution in [2.45, 2.75) is 24.8 Å². The van der Waals surface area contributed by atoms with Crippen LogP contribution in [0, 0.1) is 0 Å². The van der Waals surface area contributed by atoms with E-state index in [-0.39, 0.29) is 17.6 Å². The normalized spacial score (nSPS) is 11.6. The van der Waals surface area contributed by atoms with Crippen LogP contribution in [-0.4, -0.2) is 40.0 Å². The van der Waals surface area contributed by atoms with Gasteiger partial charge < -0.3 is 9.47 Å². The molecule has 0 saturated heterocycles. The first kappa shape index (κ1) is 15.7. The van der Waals surface area contributed by atoms with E-state index in [9.17, 15) is 13.2 Å². The Morgan fingerprint density at radius 2 is 1.74 bits per heavy atom. The van der Waals surface area contributed by atoms with Gasteiger partial charge in [-0.25, -0.2) is 13.2 Å². The van der Waals surface area contributed by atoms with Crippen molar-refractivity contribution in [3.05, 3.63) is 29.8 Å². The number of ether oxygens (including phenoxy) is 2. The van der Waals surface area contributed by atoms with Gasteiger partial charge in [0.25, 0.3) is 0 Å². The molecule has 6 heteroatoms. The van der Waals surface area contributed by atoms with Gasteiger partial charge in [-0.15, -0.1) is 0 Å². The lowest BCUT2D eigenvalue weighted by Gasteiger charge is -2.08. The Hall–Kier alpha value is -1.40. The Balaban J connectivity index is 2.54. The number of carbonyl (C=O) groups is 1. The third kappa shape index (κ3) is 5.40. The van der Waals surface area contributed by atoms with Crippen LogP contribution in [0.3, 0.4) is 0 Å². The standard InChI is InChI=1S/C13H18O5S/c1-10(2)17-8-9-18-13(14)11-4-6-12(7-5-11)19(3,15)16/h4-7,10H,8-9H2,1-3H3.